The van der Waals surface area contributed by atoms with Gasteiger partial charge in [0.1, 0.15) is 11.6 Å². The van der Waals surface area contributed by atoms with Gasteiger partial charge >= 0.3 is 0 Å². The first-order valence-electron chi connectivity index (χ1n) is 7.15. The van der Waals surface area contributed by atoms with Gasteiger partial charge in [0.15, 0.2) is 0 Å². The predicted molar refractivity (Wildman–Crippen MR) is 72.2 cm³/mol. The van der Waals surface area contributed by atoms with Gasteiger partial charge < -0.3 is 5.43 Å². The average Bonchev–Trinajstić information content (AvgIpc) is 3.16. The first-order chi connectivity index (χ1) is 8.80. The highest BCUT2D eigenvalue weighted by molar-refractivity contribution is 5.37. The second kappa shape index (κ2) is 4.84. The smallest absolute Gasteiger partial charge is 0.143 e. The van der Waals surface area contributed by atoms with Crippen LogP contribution in [0.2, 0.25) is 0 Å². The van der Waals surface area contributed by atoms with Crippen molar-refractivity contribution < 1.29 is 0 Å². The number of hydrazine groups is 1. The molecule has 1 aromatic heterocycles. The molecule has 3 rings (SSSR count). The molecule has 1 aromatic rings. The molecule has 4 nitrogen and oxygen atoms in total. The summed E-state index contributed by atoms with van der Waals surface area (Å²) in [5.74, 6) is 9.37. The van der Waals surface area contributed by atoms with Crippen molar-refractivity contribution >= 4 is 5.82 Å². The van der Waals surface area contributed by atoms with Crippen LogP contribution in [0.15, 0.2) is 6.07 Å². The summed E-state index contributed by atoms with van der Waals surface area (Å²) in [6.45, 7) is 2.28. The molecular weight excluding hydrogens is 224 g/mol. The minimum absolute atomic E-state index is 0.542. The minimum Gasteiger partial charge on any atom is -0.308 e. The summed E-state index contributed by atoms with van der Waals surface area (Å²) in [5, 5.41) is 0. The lowest BCUT2D eigenvalue weighted by atomic mass is 10.0. The molecule has 2 saturated carbocycles. The normalized spacial score (nSPS) is 27.4. The van der Waals surface area contributed by atoms with Crippen LogP contribution in [0.4, 0.5) is 5.82 Å². The molecule has 4 heteroatoms. The molecule has 0 aromatic carbocycles. The molecule has 2 atom stereocenters. The summed E-state index contributed by atoms with van der Waals surface area (Å²) in [4.78, 5) is 9.35. The Kier molecular flexibility index (Phi) is 3.20. The van der Waals surface area contributed by atoms with Gasteiger partial charge in [0, 0.05) is 23.6 Å². The molecule has 0 amide bonds. The maximum absolute atomic E-state index is 5.52. The summed E-state index contributed by atoms with van der Waals surface area (Å²) < 4.78 is 0. The van der Waals surface area contributed by atoms with E-state index < -0.39 is 0 Å². The van der Waals surface area contributed by atoms with Crippen LogP contribution in [0.5, 0.6) is 0 Å². The number of hydrogen-bond acceptors (Lipinski definition) is 4. The molecular formula is C14H22N4. The van der Waals surface area contributed by atoms with Crippen molar-refractivity contribution in [1.82, 2.24) is 9.97 Å². The molecule has 18 heavy (non-hydrogen) atoms. The van der Waals surface area contributed by atoms with Gasteiger partial charge in [-0.2, -0.15) is 0 Å². The number of nitrogens with two attached hydrogens (primary N) is 1. The second-order valence-electron chi connectivity index (χ2n) is 5.74. The van der Waals surface area contributed by atoms with E-state index in [1.54, 1.807) is 0 Å². The van der Waals surface area contributed by atoms with Crippen LogP contribution in [0, 0.1) is 5.92 Å². The van der Waals surface area contributed by atoms with Gasteiger partial charge in [-0.3, -0.25) is 0 Å². The number of nitrogens with one attached hydrogen (secondary N) is 1. The number of anilines is 1. The van der Waals surface area contributed by atoms with Crippen molar-refractivity contribution in [3.05, 3.63) is 17.6 Å². The molecule has 1 heterocycles. The topological polar surface area (TPSA) is 63.8 Å². The van der Waals surface area contributed by atoms with E-state index in [2.05, 4.69) is 17.3 Å². The van der Waals surface area contributed by atoms with Crippen LogP contribution in [-0.2, 0) is 0 Å². The average molecular weight is 246 g/mol. The van der Waals surface area contributed by atoms with Gasteiger partial charge in [0.2, 0.25) is 0 Å². The monoisotopic (exact) mass is 246 g/mol. The number of rotatable bonds is 4. The summed E-state index contributed by atoms with van der Waals surface area (Å²) in [6, 6.07) is 2.01. The van der Waals surface area contributed by atoms with Crippen molar-refractivity contribution in [1.29, 1.82) is 0 Å². The SMILES string of the molecule is CCC1CCC(c2nc(NN)cc(C3CC3)n2)C1. The van der Waals surface area contributed by atoms with Crippen LogP contribution in [0.1, 0.15) is 68.8 Å². The predicted octanol–water partition coefficient (Wildman–Crippen LogP) is 2.93. The molecule has 0 spiro atoms. The Morgan fingerprint density at radius 2 is 2.00 bits per heavy atom. The molecule has 2 aliphatic carbocycles. The highest BCUT2D eigenvalue weighted by atomic mass is 15.3. The van der Waals surface area contributed by atoms with Crippen LogP contribution >= 0.6 is 0 Å². The molecule has 0 saturated heterocycles. The largest absolute Gasteiger partial charge is 0.308 e. The van der Waals surface area contributed by atoms with Crippen molar-refractivity contribution in [2.75, 3.05) is 5.43 Å². The van der Waals surface area contributed by atoms with Crippen molar-refractivity contribution in [3.8, 4) is 0 Å². The number of aromatic nitrogens is 2. The zero-order valence-electron chi connectivity index (χ0n) is 11.0. The van der Waals surface area contributed by atoms with Gasteiger partial charge in [-0.05, 0) is 38.0 Å². The first kappa shape index (κ1) is 11.9. The number of hydrogen-bond donors (Lipinski definition) is 2. The van der Waals surface area contributed by atoms with E-state index in [0.717, 1.165) is 17.6 Å². The van der Waals surface area contributed by atoms with Gasteiger partial charge in [-0.15, -0.1) is 0 Å². The highest BCUT2D eigenvalue weighted by Crippen LogP contribution is 2.42. The molecule has 2 aliphatic rings. The standard InChI is InChI=1S/C14H22N4/c1-2-9-3-4-11(7-9)14-16-12(10-5-6-10)8-13(17-14)18-15/h8-11H,2-7,15H2,1H3,(H,16,17,18). The number of nitrogens with zero attached hydrogens (tertiary/aromatic N) is 2. The molecule has 0 radical (unpaired) electrons. The van der Waals surface area contributed by atoms with E-state index in [4.69, 9.17) is 10.8 Å². The fourth-order valence-electron chi connectivity index (χ4n) is 3.01. The van der Waals surface area contributed by atoms with Crippen molar-refractivity contribution in [3.63, 3.8) is 0 Å². The summed E-state index contributed by atoms with van der Waals surface area (Å²) >= 11 is 0. The Labute approximate surface area is 108 Å². The number of nitrogen functional groups attached to an aromatic ring is 1. The molecule has 2 fully saturated rings. The van der Waals surface area contributed by atoms with E-state index in [0.29, 0.717) is 11.8 Å². The van der Waals surface area contributed by atoms with Crippen molar-refractivity contribution in [2.45, 2.75) is 57.3 Å². The van der Waals surface area contributed by atoms with Gasteiger partial charge in [-0.1, -0.05) is 13.3 Å². The zero-order valence-corrected chi connectivity index (χ0v) is 11.0. The quantitative estimate of drug-likeness (QED) is 0.633. The van der Waals surface area contributed by atoms with Crippen LogP contribution < -0.4 is 11.3 Å². The summed E-state index contributed by atoms with van der Waals surface area (Å²) in [7, 11) is 0. The Balaban J connectivity index is 1.84. The fraction of sp³-hybridized carbons (Fsp3) is 0.714. The van der Waals surface area contributed by atoms with Gasteiger partial charge in [0.05, 0.1) is 0 Å². The van der Waals surface area contributed by atoms with Crippen LogP contribution in [-0.4, -0.2) is 9.97 Å². The zero-order chi connectivity index (χ0) is 12.5. The second-order valence-corrected chi connectivity index (χ2v) is 5.74. The highest BCUT2D eigenvalue weighted by Gasteiger charge is 2.30. The maximum atomic E-state index is 5.52. The minimum atomic E-state index is 0.542. The van der Waals surface area contributed by atoms with Crippen molar-refractivity contribution in [2.24, 2.45) is 11.8 Å². The van der Waals surface area contributed by atoms with Gasteiger partial charge in [-0.25, -0.2) is 15.8 Å². The lowest BCUT2D eigenvalue weighted by Crippen LogP contribution is -2.13. The Bertz CT molecular complexity index is 428. The summed E-state index contributed by atoms with van der Waals surface area (Å²) in [5.41, 5.74) is 3.88. The third-order valence-corrected chi connectivity index (χ3v) is 4.39. The third kappa shape index (κ3) is 2.34. The molecule has 2 unspecified atom stereocenters. The summed E-state index contributed by atoms with van der Waals surface area (Å²) in [6.07, 6.45) is 7.61. The Hall–Kier alpha value is -1.16. The lowest BCUT2D eigenvalue weighted by molar-refractivity contribution is 0.516. The van der Waals surface area contributed by atoms with E-state index in [1.165, 1.54) is 44.2 Å². The Morgan fingerprint density at radius 1 is 1.22 bits per heavy atom. The molecule has 0 bridgehead atoms. The van der Waals surface area contributed by atoms with Gasteiger partial charge in [0.25, 0.3) is 0 Å². The lowest BCUT2D eigenvalue weighted by Gasteiger charge is -2.12. The van der Waals surface area contributed by atoms with E-state index in [1.807, 2.05) is 6.07 Å². The first-order valence-corrected chi connectivity index (χ1v) is 7.15. The molecule has 0 aliphatic heterocycles. The molecule has 98 valence electrons. The Morgan fingerprint density at radius 3 is 2.61 bits per heavy atom. The third-order valence-electron chi connectivity index (χ3n) is 4.39. The van der Waals surface area contributed by atoms with E-state index in [9.17, 15) is 0 Å². The van der Waals surface area contributed by atoms with E-state index >= 15 is 0 Å². The fourth-order valence-corrected chi connectivity index (χ4v) is 3.01. The van der Waals surface area contributed by atoms with E-state index in [-0.39, 0.29) is 0 Å². The van der Waals surface area contributed by atoms with Crippen LogP contribution in [0.3, 0.4) is 0 Å². The van der Waals surface area contributed by atoms with Crippen LogP contribution in [0.25, 0.3) is 0 Å². The maximum Gasteiger partial charge on any atom is 0.143 e. The molecule has 3 N–H and O–H groups in total.